The maximum Gasteiger partial charge on any atom is 0.262 e. The maximum absolute atomic E-state index is 15.0. The molecule has 5 rings (SSSR count). The van der Waals surface area contributed by atoms with Crippen molar-refractivity contribution in [2.75, 3.05) is 6.61 Å². The van der Waals surface area contributed by atoms with Gasteiger partial charge < -0.3 is 9.72 Å². The van der Waals surface area contributed by atoms with Gasteiger partial charge in [-0.1, -0.05) is 0 Å². The van der Waals surface area contributed by atoms with E-state index in [1.54, 1.807) is 36.0 Å². The number of nitrogens with one attached hydrogen (secondary N) is 1. The minimum atomic E-state index is -0.706. The molecule has 1 aromatic carbocycles. The number of halogens is 1. The number of nitrogens with zero attached hydrogens (tertiary/aromatic N) is 3. The van der Waals surface area contributed by atoms with Crippen LogP contribution < -0.4 is 10.3 Å². The Labute approximate surface area is 180 Å². The Bertz CT molecular complexity index is 1430. The van der Waals surface area contributed by atoms with E-state index in [-0.39, 0.29) is 16.7 Å². The lowest BCUT2D eigenvalue weighted by Crippen LogP contribution is -2.12. The summed E-state index contributed by atoms with van der Waals surface area (Å²) in [5.41, 5.74) is 1.36. The molecule has 154 valence electrons. The van der Waals surface area contributed by atoms with Gasteiger partial charge in [-0.15, -0.1) is 11.3 Å². The predicted octanol–water partition coefficient (Wildman–Crippen LogP) is 4.75. The van der Waals surface area contributed by atoms with E-state index in [9.17, 15) is 9.18 Å². The first kappa shape index (κ1) is 19.3. The molecule has 0 unspecified atom stereocenters. The molecule has 0 saturated carbocycles. The smallest absolute Gasteiger partial charge is 0.262 e. The van der Waals surface area contributed by atoms with Gasteiger partial charge in [-0.3, -0.25) is 14.8 Å². The van der Waals surface area contributed by atoms with Crippen LogP contribution >= 0.6 is 11.3 Å². The minimum Gasteiger partial charge on any atom is -0.490 e. The zero-order valence-corrected chi connectivity index (χ0v) is 17.2. The quantitative estimate of drug-likeness (QED) is 0.392. The second-order valence-corrected chi connectivity index (χ2v) is 7.97. The van der Waals surface area contributed by atoms with Crippen LogP contribution in [0.25, 0.3) is 32.5 Å². The molecule has 0 aliphatic rings. The van der Waals surface area contributed by atoms with Crippen LogP contribution in [0.3, 0.4) is 0 Å². The molecule has 0 saturated heterocycles. The second kappa shape index (κ2) is 8.23. The largest absolute Gasteiger partial charge is 0.490 e. The lowest BCUT2D eigenvalue weighted by molar-refractivity contribution is 0.297. The highest BCUT2D eigenvalue weighted by Gasteiger charge is 2.15. The van der Waals surface area contributed by atoms with E-state index in [4.69, 9.17) is 4.74 Å². The first-order valence-corrected chi connectivity index (χ1v) is 10.6. The summed E-state index contributed by atoms with van der Waals surface area (Å²) in [4.78, 5) is 28.1. The van der Waals surface area contributed by atoms with Crippen molar-refractivity contribution in [3.05, 3.63) is 82.1 Å². The first-order chi connectivity index (χ1) is 15.2. The number of hydrogen-bond acceptors (Lipinski definition) is 6. The normalized spacial score (nSPS) is 11.3. The molecule has 0 atom stereocenters. The van der Waals surface area contributed by atoms with E-state index in [1.165, 1.54) is 6.07 Å². The molecule has 0 radical (unpaired) electrons. The number of thiophene rings is 1. The highest BCUT2D eigenvalue weighted by atomic mass is 32.1. The zero-order valence-electron chi connectivity index (χ0n) is 16.3. The number of aromatic amines is 1. The van der Waals surface area contributed by atoms with Gasteiger partial charge in [0.05, 0.1) is 16.8 Å². The number of rotatable bonds is 6. The molecular weight excluding hydrogens is 415 g/mol. The molecule has 5 aromatic rings. The molecule has 4 heterocycles. The Hall–Kier alpha value is -3.65. The topological polar surface area (TPSA) is 80.8 Å². The monoisotopic (exact) mass is 432 g/mol. The number of benzene rings is 1. The summed E-state index contributed by atoms with van der Waals surface area (Å²) in [5.74, 6) is -0.362. The van der Waals surface area contributed by atoms with E-state index >= 15 is 0 Å². The molecule has 0 fully saturated rings. The number of H-pyrrole nitrogens is 1. The van der Waals surface area contributed by atoms with Gasteiger partial charge in [0.25, 0.3) is 5.56 Å². The third kappa shape index (κ3) is 3.89. The predicted molar refractivity (Wildman–Crippen MR) is 119 cm³/mol. The van der Waals surface area contributed by atoms with Gasteiger partial charge in [-0.05, 0) is 65.6 Å². The van der Waals surface area contributed by atoms with Gasteiger partial charge in [-0.2, -0.15) is 0 Å². The maximum atomic E-state index is 15.0. The molecule has 0 bridgehead atoms. The number of pyridine rings is 2. The van der Waals surface area contributed by atoms with Crippen LogP contribution in [0.15, 0.2) is 65.2 Å². The van der Waals surface area contributed by atoms with Crippen molar-refractivity contribution in [1.82, 2.24) is 19.9 Å². The van der Waals surface area contributed by atoms with Crippen LogP contribution in [0.5, 0.6) is 5.75 Å². The van der Waals surface area contributed by atoms with Gasteiger partial charge in [-0.25, -0.2) is 9.37 Å². The third-order valence-electron chi connectivity index (χ3n) is 4.98. The summed E-state index contributed by atoms with van der Waals surface area (Å²) < 4.78 is 21.6. The minimum absolute atomic E-state index is 0.0418. The number of fused-ring (bicyclic) bond motifs is 2. The van der Waals surface area contributed by atoms with Crippen molar-refractivity contribution in [2.24, 2.45) is 0 Å². The van der Waals surface area contributed by atoms with Crippen molar-refractivity contribution in [2.45, 2.75) is 12.8 Å². The van der Waals surface area contributed by atoms with Crippen molar-refractivity contribution < 1.29 is 9.13 Å². The van der Waals surface area contributed by atoms with E-state index in [2.05, 4.69) is 19.9 Å². The van der Waals surface area contributed by atoms with Crippen LogP contribution in [0.1, 0.15) is 12.0 Å². The van der Waals surface area contributed by atoms with E-state index in [1.807, 2.05) is 29.6 Å². The molecule has 0 aliphatic carbocycles. The van der Waals surface area contributed by atoms with Crippen LogP contribution in [0.4, 0.5) is 4.39 Å². The molecule has 1 N–H and O–H groups in total. The molecule has 8 heteroatoms. The third-order valence-corrected chi connectivity index (χ3v) is 5.84. The van der Waals surface area contributed by atoms with Crippen molar-refractivity contribution in [3.8, 4) is 17.3 Å². The van der Waals surface area contributed by atoms with Crippen molar-refractivity contribution >= 4 is 32.3 Å². The second-order valence-electron chi connectivity index (χ2n) is 7.02. The Morgan fingerprint density at radius 3 is 2.87 bits per heavy atom. The number of hydrogen-bond donors (Lipinski definition) is 1. The molecule has 0 spiro atoms. The number of ether oxygens (including phenoxy) is 1. The number of aryl methyl sites for hydroxylation is 1. The van der Waals surface area contributed by atoms with Crippen molar-refractivity contribution in [3.63, 3.8) is 0 Å². The van der Waals surface area contributed by atoms with Crippen LogP contribution in [0, 0.1) is 5.82 Å². The van der Waals surface area contributed by atoms with Gasteiger partial charge in [0.15, 0.2) is 17.4 Å². The van der Waals surface area contributed by atoms with Crippen LogP contribution in [-0.4, -0.2) is 26.5 Å². The fraction of sp³-hybridized carbons (Fsp3) is 0.130. The Kier molecular flexibility index (Phi) is 5.13. The van der Waals surface area contributed by atoms with Gasteiger partial charge in [0.1, 0.15) is 11.1 Å². The molecule has 4 aromatic heterocycles. The van der Waals surface area contributed by atoms with E-state index in [0.29, 0.717) is 24.5 Å². The van der Waals surface area contributed by atoms with Gasteiger partial charge >= 0.3 is 0 Å². The summed E-state index contributed by atoms with van der Waals surface area (Å²) >= 11 is 1.59. The Morgan fingerprint density at radius 2 is 2.00 bits per heavy atom. The number of aromatic nitrogens is 4. The average Bonchev–Trinajstić information content (AvgIpc) is 3.26. The van der Waals surface area contributed by atoms with Crippen molar-refractivity contribution in [1.29, 1.82) is 0 Å². The molecular formula is C23H17FN4O2S. The summed E-state index contributed by atoms with van der Waals surface area (Å²) in [6.07, 6.45) is 6.72. The van der Waals surface area contributed by atoms with Gasteiger partial charge in [0.2, 0.25) is 0 Å². The van der Waals surface area contributed by atoms with E-state index < -0.39 is 11.4 Å². The molecule has 0 amide bonds. The fourth-order valence-electron chi connectivity index (χ4n) is 3.41. The highest BCUT2D eigenvalue weighted by molar-refractivity contribution is 7.17. The van der Waals surface area contributed by atoms with E-state index in [0.717, 1.165) is 22.1 Å². The summed E-state index contributed by atoms with van der Waals surface area (Å²) in [7, 11) is 0. The first-order valence-electron chi connectivity index (χ1n) is 9.77. The van der Waals surface area contributed by atoms with Crippen LogP contribution in [-0.2, 0) is 6.42 Å². The average molecular weight is 432 g/mol. The Balaban J connectivity index is 1.39. The fourth-order valence-corrected chi connectivity index (χ4v) is 4.15. The lowest BCUT2D eigenvalue weighted by Gasteiger charge is -2.09. The molecule has 6 nitrogen and oxygen atoms in total. The summed E-state index contributed by atoms with van der Waals surface area (Å²) in [6, 6.07) is 10.8. The Morgan fingerprint density at radius 1 is 1.13 bits per heavy atom. The van der Waals surface area contributed by atoms with Gasteiger partial charge in [0, 0.05) is 18.6 Å². The zero-order chi connectivity index (χ0) is 21.2. The summed E-state index contributed by atoms with van der Waals surface area (Å²) in [6.45, 7) is 0.332. The lowest BCUT2D eigenvalue weighted by atomic mass is 10.1. The van der Waals surface area contributed by atoms with Crippen LogP contribution in [0.2, 0.25) is 0 Å². The standard InChI is InChI=1S/C23H17FN4O2S/c24-21-18(30-10-1-2-14-5-8-25-9-6-14)4-3-16-20(21)23(29)28-22(27-16)17-12-15-7-11-31-19(15)13-26-17/h3-9,11-13H,1-2,10H2,(H,27,28,29). The molecule has 0 aliphatic heterocycles. The molecule has 31 heavy (non-hydrogen) atoms. The highest BCUT2D eigenvalue weighted by Crippen LogP contribution is 2.26. The SMILES string of the molecule is O=c1[nH]c(-c2cc3ccsc3cn2)nc2ccc(OCCCc3ccncc3)c(F)c12. The summed E-state index contributed by atoms with van der Waals surface area (Å²) in [5, 5.41) is 2.87.